The summed E-state index contributed by atoms with van der Waals surface area (Å²) < 4.78 is 4.93. The lowest BCUT2D eigenvalue weighted by molar-refractivity contribution is -0.127. The number of benzene rings is 1. The van der Waals surface area contributed by atoms with Gasteiger partial charge in [0.2, 0.25) is 5.91 Å². The summed E-state index contributed by atoms with van der Waals surface area (Å²) in [6.07, 6.45) is 0.700. The summed E-state index contributed by atoms with van der Waals surface area (Å²) in [5.41, 5.74) is 5.60. The van der Waals surface area contributed by atoms with Gasteiger partial charge < -0.3 is 35.6 Å². The molecule has 0 radical (unpaired) electrons. The molecule has 0 aliphatic carbocycles. The molecule has 1 aromatic carbocycles. The number of ether oxygens (including phenoxy) is 1. The fraction of sp³-hybridized carbons (Fsp3) is 0.500. The molecule has 0 spiro atoms. The number of carboxylic acid groups (broad SMARTS) is 1. The van der Waals surface area contributed by atoms with E-state index in [2.05, 4.69) is 0 Å². The number of phenols is 1. The van der Waals surface area contributed by atoms with Crippen LogP contribution in [0.3, 0.4) is 0 Å². The highest BCUT2D eigenvalue weighted by atomic mass is 32.2. The molecule has 9 nitrogen and oxygen atoms in total. The third kappa shape index (κ3) is 5.28. The molecule has 0 saturated carbocycles. The summed E-state index contributed by atoms with van der Waals surface area (Å²) in [4.78, 5) is 25.2. The van der Waals surface area contributed by atoms with E-state index in [4.69, 9.17) is 10.5 Å². The monoisotopic (exact) mass is 398 g/mol. The second-order valence-electron chi connectivity index (χ2n) is 6.31. The van der Waals surface area contributed by atoms with Crippen LogP contribution in [0.15, 0.2) is 12.1 Å². The first-order valence-corrected chi connectivity index (χ1v) is 9.42. The molecule has 1 aliphatic rings. The van der Waals surface area contributed by atoms with E-state index >= 15 is 0 Å². The van der Waals surface area contributed by atoms with Gasteiger partial charge in [0.25, 0.3) is 0 Å². The molecule has 0 bridgehead atoms. The highest BCUT2D eigenvalue weighted by Gasteiger charge is 2.30. The van der Waals surface area contributed by atoms with Gasteiger partial charge in [-0.05, 0) is 24.5 Å². The van der Waals surface area contributed by atoms with Crippen LogP contribution in [0.4, 0.5) is 0 Å². The number of thioether (sulfide) groups is 1. The summed E-state index contributed by atoms with van der Waals surface area (Å²) in [6.45, 7) is 1.06. The van der Waals surface area contributed by atoms with Crippen molar-refractivity contribution >= 4 is 30.8 Å². The van der Waals surface area contributed by atoms with E-state index in [1.807, 2.05) is 0 Å². The van der Waals surface area contributed by atoms with Crippen LogP contribution in [0.5, 0.6) is 11.5 Å². The van der Waals surface area contributed by atoms with Gasteiger partial charge in [-0.1, -0.05) is 6.07 Å². The van der Waals surface area contributed by atoms with Crippen molar-refractivity contribution in [2.24, 2.45) is 5.73 Å². The minimum Gasteiger partial charge on any atom is -0.507 e. The number of carboxylic acids is 1. The molecule has 27 heavy (non-hydrogen) atoms. The number of aromatic hydroxyl groups is 1. The highest BCUT2D eigenvalue weighted by Crippen LogP contribution is 2.33. The van der Waals surface area contributed by atoms with Gasteiger partial charge in [0.1, 0.15) is 17.1 Å². The van der Waals surface area contributed by atoms with Crippen molar-refractivity contribution < 1.29 is 34.6 Å². The molecule has 0 unspecified atom stereocenters. The number of rotatable bonds is 8. The van der Waals surface area contributed by atoms with Crippen molar-refractivity contribution in [2.75, 3.05) is 26.0 Å². The lowest BCUT2D eigenvalue weighted by Gasteiger charge is -2.20. The molecule has 1 heterocycles. The van der Waals surface area contributed by atoms with Crippen LogP contribution in [0.1, 0.15) is 22.3 Å². The van der Waals surface area contributed by atoms with E-state index in [0.717, 1.165) is 18.2 Å². The maximum Gasteiger partial charge on any atom is 0.465 e. The Morgan fingerprint density at radius 3 is 2.67 bits per heavy atom. The van der Waals surface area contributed by atoms with Crippen LogP contribution in [0.25, 0.3) is 0 Å². The molecule has 11 heteroatoms. The lowest BCUT2D eigenvalue weighted by Crippen LogP contribution is -2.36. The Morgan fingerprint density at radius 2 is 2.15 bits per heavy atom. The molecule has 1 amide bonds. The highest BCUT2D eigenvalue weighted by molar-refractivity contribution is 8.01. The maximum absolute atomic E-state index is 12.2. The lowest BCUT2D eigenvalue weighted by atomic mass is 9.81. The van der Waals surface area contributed by atoms with Crippen LogP contribution >= 0.6 is 11.8 Å². The van der Waals surface area contributed by atoms with Crippen molar-refractivity contribution in [2.45, 2.75) is 24.0 Å². The number of carbonyl (C=O) groups is 2. The SMILES string of the molecule is COc1ccc(C[C@H](SCC(=O)N2CC[C@H](N)C2)B(O)O)c(O)c1C(=O)O. The predicted molar refractivity (Wildman–Crippen MR) is 101 cm³/mol. The first-order valence-electron chi connectivity index (χ1n) is 8.37. The Kier molecular flexibility index (Phi) is 7.37. The number of amides is 1. The van der Waals surface area contributed by atoms with Crippen molar-refractivity contribution in [1.82, 2.24) is 4.90 Å². The Balaban J connectivity index is 2.09. The van der Waals surface area contributed by atoms with E-state index in [0.29, 0.717) is 13.1 Å². The largest absolute Gasteiger partial charge is 0.507 e. The van der Waals surface area contributed by atoms with Gasteiger partial charge in [-0.3, -0.25) is 4.79 Å². The van der Waals surface area contributed by atoms with Crippen LogP contribution < -0.4 is 10.5 Å². The standard InChI is InChI=1S/C16H23BN2O7S/c1-26-11-3-2-9(15(21)14(11)16(22)23)6-12(17(24)25)27-8-13(20)19-5-4-10(18)7-19/h2-3,10,12,21,24-25H,4-8,18H2,1H3,(H,22,23)/t10-,12-/m0/s1. The summed E-state index contributed by atoms with van der Waals surface area (Å²) in [5.74, 6) is -1.98. The van der Waals surface area contributed by atoms with E-state index in [1.54, 1.807) is 4.90 Å². The number of aromatic carboxylic acids is 1. The molecule has 1 saturated heterocycles. The zero-order valence-electron chi connectivity index (χ0n) is 14.9. The van der Waals surface area contributed by atoms with Crippen LogP contribution in [0, 0.1) is 0 Å². The van der Waals surface area contributed by atoms with Crippen molar-refractivity contribution in [3.63, 3.8) is 0 Å². The Bertz CT molecular complexity index is 704. The second-order valence-corrected chi connectivity index (χ2v) is 7.54. The summed E-state index contributed by atoms with van der Waals surface area (Å²) in [6, 6.07) is 2.81. The molecular formula is C16H23BN2O7S. The number of hydrogen-bond acceptors (Lipinski definition) is 8. The molecule has 2 atom stereocenters. The van der Waals surface area contributed by atoms with Crippen molar-refractivity contribution in [3.05, 3.63) is 23.3 Å². The quantitative estimate of drug-likeness (QED) is 0.358. The molecule has 0 aromatic heterocycles. The topological polar surface area (TPSA) is 154 Å². The molecular weight excluding hydrogens is 375 g/mol. The number of carbonyl (C=O) groups excluding carboxylic acids is 1. The summed E-state index contributed by atoms with van der Waals surface area (Å²) in [5, 5.41) is 38.0. The van der Waals surface area contributed by atoms with Gasteiger partial charge in [0, 0.05) is 24.3 Å². The number of nitrogens with zero attached hydrogens (tertiary/aromatic N) is 1. The molecule has 1 aliphatic heterocycles. The molecule has 6 N–H and O–H groups in total. The van der Waals surface area contributed by atoms with Gasteiger partial charge in [-0.25, -0.2) is 4.79 Å². The van der Waals surface area contributed by atoms with Crippen LogP contribution in [0.2, 0.25) is 0 Å². The zero-order chi connectivity index (χ0) is 20.1. The molecule has 1 fully saturated rings. The third-order valence-corrected chi connectivity index (χ3v) is 5.66. The van der Waals surface area contributed by atoms with Crippen LogP contribution in [-0.4, -0.2) is 81.3 Å². The average molecular weight is 398 g/mol. The smallest absolute Gasteiger partial charge is 0.465 e. The Morgan fingerprint density at radius 1 is 1.44 bits per heavy atom. The molecule has 2 rings (SSSR count). The second kappa shape index (κ2) is 9.31. The normalized spacial score (nSPS) is 17.6. The van der Waals surface area contributed by atoms with E-state index in [9.17, 15) is 29.9 Å². The average Bonchev–Trinajstić information content (AvgIpc) is 3.05. The maximum atomic E-state index is 12.2. The fourth-order valence-corrected chi connectivity index (χ4v) is 3.92. The minimum absolute atomic E-state index is 0.00181. The van der Waals surface area contributed by atoms with E-state index in [-0.39, 0.29) is 35.4 Å². The first kappa shape index (κ1) is 21.4. The van der Waals surface area contributed by atoms with E-state index in [1.165, 1.54) is 19.2 Å². The van der Waals surface area contributed by atoms with Gasteiger partial charge in [-0.2, -0.15) is 11.8 Å². The number of hydrogen-bond donors (Lipinski definition) is 5. The summed E-state index contributed by atoms with van der Waals surface area (Å²) in [7, 11) is -0.467. The van der Waals surface area contributed by atoms with Crippen molar-refractivity contribution in [3.8, 4) is 11.5 Å². The molecule has 1 aromatic rings. The van der Waals surface area contributed by atoms with E-state index < -0.39 is 29.5 Å². The zero-order valence-corrected chi connectivity index (χ0v) is 15.7. The van der Waals surface area contributed by atoms with Crippen LogP contribution in [-0.2, 0) is 11.2 Å². The van der Waals surface area contributed by atoms with Gasteiger partial charge >= 0.3 is 13.1 Å². The van der Waals surface area contributed by atoms with Gasteiger partial charge in [0.05, 0.1) is 12.9 Å². The number of methoxy groups -OCH3 is 1. The fourth-order valence-electron chi connectivity index (χ4n) is 2.91. The number of nitrogens with two attached hydrogens (primary N) is 1. The molecule has 148 valence electrons. The predicted octanol–water partition coefficient (Wildman–Crippen LogP) is -0.685. The van der Waals surface area contributed by atoms with Crippen molar-refractivity contribution in [1.29, 1.82) is 0 Å². The Labute approximate surface area is 161 Å². The minimum atomic E-state index is -1.75. The van der Waals surface area contributed by atoms with Gasteiger partial charge in [0.15, 0.2) is 0 Å². The number of likely N-dealkylation sites (tertiary alicyclic amines) is 1. The summed E-state index contributed by atoms with van der Waals surface area (Å²) >= 11 is 1.03. The Hall–Kier alpha value is -1.95. The third-order valence-electron chi connectivity index (χ3n) is 4.41. The van der Waals surface area contributed by atoms with Gasteiger partial charge in [-0.15, -0.1) is 0 Å². The first-order chi connectivity index (χ1) is 12.7.